The summed E-state index contributed by atoms with van der Waals surface area (Å²) in [7, 11) is 0. The van der Waals surface area contributed by atoms with Crippen molar-refractivity contribution in [2.75, 3.05) is 32.9 Å². The molecule has 1 aromatic heterocycles. The van der Waals surface area contributed by atoms with Gasteiger partial charge in [-0.1, -0.05) is 22.0 Å². The molecule has 2 aliphatic heterocycles. The zero-order valence-corrected chi connectivity index (χ0v) is 20.7. The summed E-state index contributed by atoms with van der Waals surface area (Å²) in [6.45, 7) is 4.34. The standard InChI is InChI=1S/C23H24BrFN4O6/c1-3-34-23(32)18-16(9-29-6-7-33-10-17(29)22(30)31)27-21(19-12(2)35-11-26-19)28-20(18)14-5-4-13(25)8-15(14)24/h4-5,8,11,17,20H,3,6-7,9-10H2,1-2H3,(H,27,28)(H,30,31). The lowest BCUT2D eigenvalue weighted by molar-refractivity contribution is -0.149. The zero-order chi connectivity index (χ0) is 25.1. The van der Waals surface area contributed by atoms with Gasteiger partial charge >= 0.3 is 11.9 Å². The number of benzene rings is 1. The third-order valence-electron chi connectivity index (χ3n) is 5.73. The number of aryl methyl sites for hydroxylation is 1. The van der Waals surface area contributed by atoms with Crippen molar-refractivity contribution in [2.45, 2.75) is 25.9 Å². The molecule has 10 nitrogen and oxygen atoms in total. The van der Waals surface area contributed by atoms with Gasteiger partial charge in [0.15, 0.2) is 12.2 Å². The van der Waals surface area contributed by atoms with Crippen LogP contribution in [0.2, 0.25) is 0 Å². The van der Waals surface area contributed by atoms with Gasteiger partial charge in [0.1, 0.15) is 29.4 Å². The fourth-order valence-corrected chi connectivity index (χ4v) is 4.60. The highest BCUT2D eigenvalue weighted by molar-refractivity contribution is 9.10. The number of hydrogen-bond donors (Lipinski definition) is 2. The van der Waals surface area contributed by atoms with Gasteiger partial charge < -0.3 is 24.3 Å². The molecule has 35 heavy (non-hydrogen) atoms. The molecule has 0 aliphatic carbocycles. The number of carboxylic acid groups (broad SMARTS) is 1. The minimum Gasteiger partial charge on any atom is -0.480 e. The highest BCUT2D eigenvalue weighted by atomic mass is 79.9. The van der Waals surface area contributed by atoms with Crippen LogP contribution in [0.5, 0.6) is 0 Å². The van der Waals surface area contributed by atoms with Gasteiger partial charge in [0.25, 0.3) is 0 Å². The minimum absolute atomic E-state index is 0.0215. The number of rotatable bonds is 7. The molecule has 2 aromatic rings. The zero-order valence-electron chi connectivity index (χ0n) is 19.1. The lowest BCUT2D eigenvalue weighted by Crippen LogP contribution is -2.52. The molecule has 1 saturated heterocycles. The maximum atomic E-state index is 13.9. The second-order valence-electron chi connectivity index (χ2n) is 7.94. The van der Waals surface area contributed by atoms with Crippen LogP contribution in [0.25, 0.3) is 0 Å². The van der Waals surface area contributed by atoms with E-state index in [2.05, 4.69) is 26.2 Å². The van der Waals surface area contributed by atoms with E-state index in [9.17, 15) is 19.1 Å². The largest absolute Gasteiger partial charge is 0.480 e. The average molecular weight is 551 g/mol. The van der Waals surface area contributed by atoms with E-state index >= 15 is 0 Å². The fourth-order valence-electron chi connectivity index (χ4n) is 4.03. The van der Waals surface area contributed by atoms with Crippen LogP contribution < -0.4 is 5.32 Å². The summed E-state index contributed by atoms with van der Waals surface area (Å²) in [5, 5.41) is 12.9. The maximum absolute atomic E-state index is 13.9. The molecule has 4 rings (SSSR count). The number of aromatic nitrogens is 1. The number of amidine groups is 1. The Hall–Kier alpha value is -3.09. The molecule has 12 heteroatoms. The van der Waals surface area contributed by atoms with Crippen LogP contribution in [-0.2, 0) is 19.1 Å². The van der Waals surface area contributed by atoms with E-state index in [0.717, 1.165) is 0 Å². The number of morpholine rings is 1. The van der Waals surface area contributed by atoms with E-state index in [0.29, 0.717) is 46.2 Å². The van der Waals surface area contributed by atoms with Gasteiger partial charge in [-0.3, -0.25) is 14.7 Å². The number of hydrogen-bond acceptors (Lipinski definition) is 9. The van der Waals surface area contributed by atoms with Crippen molar-refractivity contribution >= 4 is 33.7 Å². The number of nitrogens with one attached hydrogen (secondary N) is 1. The van der Waals surface area contributed by atoms with Crippen LogP contribution in [0.3, 0.4) is 0 Å². The van der Waals surface area contributed by atoms with Gasteiger partial charge in [0.2, 0.25) is 0 Å². The second kappa shape index (κ2) is 10.7. The maximum Gasteiger partial charge on any atom is 0.338 e. The predicted molar refractivity (Wildman–Crippen MR) is 125 cm³/mol. The first-order chi connectivity index (χ1) is 16.8. The molecule has 0 radical (unpaired) electrons. The van der Waals surface area contributed by atoms with Gasteiger partial charge in [-0.15, -0.1) is 0 Å². The van der Waals surface area contributed by atoms with Gasteiger partial charge in [-0.2, -0.15) is 0 Å². The normalized spacial score (nSPS) is 20.9. The van der Waals surface area contributed by atoms with Crippen molar-refractivity contribution in [3.05, 3.63) is 63.2 Å². The van der Waals surface area contributed by atoms with Crippen LogP contribution in [0.15, 0.2) is 49.7 Å². The molecule has 2 aliphatic rings. The number of aliphatic imine (C=N–C) groups is 1. The van der Waals surface area contributed by atoms with Gasteiger partial charge in [0.05, 0.1) is 25.4 Å². The highest BCUT2D eigenvalue weighted by Crippen LogP contribution is 2.37. The first-order valence-corrected chi connectivity index (χ1v) is 11.7. The lowest BCUT2D eigenvalue weighted by Gasteiger charge is -2.35. The van der Waals surface area contributed by atoms with Crippen molar-refractivity contribution in [3.8, 4) is 0 Å². The Morgan fingerprint density at radius 1 is 1.40 bits per heavy atom. The molecule has 1 aromatic carbocycles. The summed E-state index contributed by atoms with van der Waals surface area (Å²) in [5.74, 6) is -1.26. The molecule has 1 fully saturated rings. The Bertz CT molecular complexity index is 1200. The van der Waals surface area contributed by atoms with Crippen molar-refractivity contribution in [3.63, 3.8) is 0 Å². The van der Waals surface area contributed by atoms with E-state index in [1.54, 1.807) is 18.7 Å². The lowest BCUT2D eigenvalue weighted by atomic mass is 9.94. The molecular formula is C23H24BrFN4O6. The molecule has 0 saturated carbocycles. The smallest absolute Gasteiger partial charge is 0.338 e. The predicted octanol–water partition coefficient (Wildman–Crippen LogP) is 2.58. The van der Waals surface area contributed by atoms with E-state index in [1.807, 2.05) is 0 Å². The first kappa shape index (κ1) is 25.0. The van der Waals surface area contributed by atoms with Crippen molar-refractivity contribution in [1.29, 1.82) is 0 Å². The number of aliphatic carboxylic acids is 1. The van der Waals surface area contributed by atoms with Crippen molar-refractivity contribution in [1.82, 2.24) is 15.2 Å². The van der Waals surface area contributed by atoms with Crippen LogP contribution in [0.1, 0.15) is 30.0 Å². The van der Waals surface area contributed by atoms with Gasteiger partial charge in [-0.25, -0.2) is 14.2 Å². The van der Waals surface area contributed by atoms with Crippen LogP contribution in [0.4, 0.5) is 4.39 Å². The van der Waals surface area contributed by atoms with E-state index in [-0.39, 0.29) is 25.3 Å². The topological polar surface area (TPSA) is 126 Å². The van der Waals surface area contributed by atoms with Crippen molar-refractivity contribution in [2.24, 2.45) is 4.99 Å². The molecule has 0 spiro atoms. The monoisotopic (exact) mass is 550 g/mol. The van der Waals surface area contributed by atoms with Gasteiger partial charge in [0, 0.05) is 23.3 Å². The van der Waals surface area contributed by atoms with Gasteiger partial charge in [-0.05, 0) is 31.5 Å². The number of carbonyl (C=O) groups excluding carboxylic acids is 1. The summed E-state index contributed by atoms with van der Waals surface area (Å²) < 4.78 is 30.3. The molecule has 186 valence electrons. The third-order valence-corrected chi connectivity index (χ3v) is 6.42. The molecule has 2 N–H and O–H groups in total. The summed E-state index contributed by atoms with van der Waals surface area (Å²) in [5.41, 5.74) is 1.57. The highest BCUT2D eigenvalue weighted by Gasteiger charge is 2.37. The number of esters is 1. The fraction of sp³-hybridized carbons (Fsp3) is 0.391. The average Bonchev–Trinajstić information content (AvgIpc) is 3.25. The minimum atomic E-state index is -1.03. The van der Waals surface area contributed by atoms with Crippen LogP contribution in [0, 0.1) is 12.7 Å². The quantitative estimate of drug-likeness (QED) is 0.500. The Morgan fingerprint density at radius 3 is 2.86 bits per heavy atom. The van der Waals surface area contributed by atoms with E-state index in [1.165, 1.54) is 24.6 Å². The third kappa shape index (κ3) is 5.29. The first-order valence-electron chi connectivity index (χ1n) is 10.9. The van der Waals surface area contributed by atoms with E-state index in [4.69, 9.17) is 18.9 Å². The number of nitrogens with zero attached hydrogens (tertiary/aromatic N) is 3. The van der Waals surface area contributed by atoms with Crippen LogP contribution in [-0.4, -0.2) is 71.7 Å². The molecule has 3 heterocycles. The Kier molecular flexibility index (Phi) is 7.63. The molecule has 0 amide bonds. The summed E-state index contributed by atoms with van der Waals surface area (Å²) in [6, 6.07) is 2.34. The number of halogens is 2. The summed E-state index contributed by atoms with van der Waals surface area (Å²) in [4.78, 5) is 35.7. The molecule has 0 bridgehead atoms. The molecule has 2 atom stereocenters. The molecular weight excluding hydrogens is 527 g/mol. The Morgan fingerprint density at radius 2 is 2.20 bits per heavy atom. The summed E-state index contributed by atoms with van der Waals surface area (Å²) in [6.07, 6.45) is 1.28. The number of oxazole rings is 1. The number of carboxylic acids is 1. The Labute approximate surface area is 208 Å². The number of carbonyl (C=O) groups is 2. The van der Waals surface area contributed by atoms with E-state index < -0.39 is 29.8 Å². The summed E-state index contributed by atoms with van der Waals surface area (Å²) >= 11 is 3.39. The Balaban J connectivity index is 1.85. The number of ether oxygens (including phenoxy) is 2. The van der Waals surface area contributed by atoms with Crippen molar-refractivity contribution < 1.29 is 33.0 Å². The van der Waals surface area contributed by atoms with Crippen LogP contribution >= 0.6 is 15.9 Å². The SMILES string of the molecule is CCOC(=O)C1=C(CN2CCOCC2C(=O)O)NC(c2ncoc2C)=NC1c1ccc(F)cc1Br. The molecule has 2 unspecified atom stereocenters. The second-order valence-corrected chi connectivity index (χ2v) is 8.79.